The molecular weight excluding hydrogens is 272 g/mol. The van der Waals surface area contributed by atoms with Crippen LogP contribution in [0, 0.1) is 5.92 Å². The molecule has 0 radical (unpaired) electrons. The quantitative estimate of drug-likeness (QED) is 0.904. The van der Waals surface area contributed by atoms with Crippen molar-refractivity contribution in [3.8, 4) is 5.75 Å². The Morgan fingerprint density at radius 3 is 2.40 bits per heavy atom. The molecule has 6 heteroatoms. The summed E-state index contributed by atoms with van der Waals surface area (Å²) in [5, 5.41) is 1.08. The van der Waals surface area contributed by atoms with Gasteiger partial charge in [0.25, 0.3) is 0 Å². The molecule has 0 unspecified atom stereocenters. The Balaban J connectivity index is 2.00. The molecule has 2 heterocycles. The van der Waals surface area contributed by atoms with E-state index in [-0.39, 0.29) is 6.10 Å². The molecule has 1 aliphatic heterocycles. The van der Waals surface area contributed by atoms with Crippen molar-refractivity contribution in [3.63, 3.8) is 0 Å². The zero-order valence-corrected chi connectivity index (χ0v) is 13.7. The molecule has 5 nitrogen and oxygen atoms in total. The fourth-order valence-corrected chi connectivity index (χ4v) is 3.28. The van der Waals surface area contributed by atoms with E-state index >= 15 is 0 Å². The average molecular weight is 298 g/mol. The lowest BCUT2D eigenvalue weighted by atomic mass is 10.2. The molecule has 0 atom stereocenters. The van der Waals surface area contributed by atoms with Crippen LogP contribution in [0.15, 0.2) is 0 Å². The Morgan fingerprint density at radius 1 is 1.20 bits per heavy atom. The van der Waals surface area contributed by atoms with Crippen LogP contribution in [0.25, 0.3) is 0 Å². The molecule has 2 rings (SSSR count). The molecule has 0 saturated carbocycles. The van der Waals surface area contributed by atoms with E-state index in [1.165, 1.54) is 18.1 Å². The van der Waals surface area contributed by atoms with Gasteiger partial charge in [0.15, 0.2) is 16.6 Å². The van der Waals surface area contributed by atoms with E-state index in [0.717, 1.165) is 42.8 Å². The minimum atomic E-state index is 0.120. The summed E-state index contributed by atoms with van der Waals surface area (Å²) in [4.78, 5) is 4.87. The minimum Gasteiger partial charge on any atom is -0.484 e. The van der Waals surface area contributed by atoms with Crippen LogP contribution >= 0.6 is 11.5 Å². The van der Waals surface area contributed by atoms with Gasteiger partial charge in [0.2, 0.25) is 0 Å². The van der Waals surface area contributed by atoms with Crippen LogP contribution in [0.1, 0.15) is 27.7 Å². The fourth-order valence-electron chi connectivity index (χ4n) is 2.48. The number of ether oxygens (including phenoxy) is 1. The Hall–Kier alpha value is -1.01. The molecule has 0 aromatic carbocycles. The summed E-state index contributed by atoms with van der Waals surface area (Å²) in [5.74, 6) is 2.01. The number of hydrogen-bond acceptors (Lipinski definition) is 6. The van der Waals surface area contributed by atoms with Gasteiger partial charge in [0.1, 0.15) is 0 Å². The third kappa shape index (κ3) is 3.76. The maximum absolute atomic E-state index is 5.93. The van der Waals surface area contributed by atoms with Gasteiger partial charge in [-0.05, 0) is 31.3 Å². The second kappa shape index (κ2) is 6.63. The molecular formula is C14H26N4OS. The number of piperazine rings is 1. The maximum atomic E-state index is 5.93. The number of rotatable bonds is 5. The second-order valence-corrected chi connectivity index (χ2v) is 6.80. The predicted octanol–water partition coefficient (Wildman–Crippen LogP) is 2.29. The molecule has 2 N–H and O–H groups in total. The van der Waals surface area contributed by atoms with Crippen molar-refractivity contribution < 1.29 is 4.74 Å². The van der Waals surface area contributed by atoms with Crippen molar-refractivity contribution in [2.45, 2.75) is 33.8 Å². The van der Waals surface area contributed by atoms with Gasteiger partial charge in [-0.25, -0.2) is 0 Å². The van der Waals surface area contributed by atoms with Crippen molar-refractivity contribution in [2.75, 3.05) is 43.4 Å². The molecule has 1 aromatic rings. The molecule has 0 aliphatic carbocycles. The number of anilines is 2. The highest BCUT2D eigenvalue weighted by molar-refractivity contribution is 7.11. The Bertz CT molecular complexity index is 425. The minimum absolute atomic E-state index is 0.120. The second-order valence-electron chi connectivity index (χ2n) is 6.05. The van der Waals surface area contributed by atoms with E-state index in [0.29, 0.717) is 5.82 Å². The normalized spacial score (nSPS) is 17.2. The first-order valence-corrected chi connectivity index (χ1v) is 8.13. The summed E-state index contributed by atoms with van der Waals surface area (Å²) in [6.07, 6.45) is 0.120. The number of nitrogens with two attached hydrogens (primary N) is 1. The van der Waals surface area contributed by atoms with Crippen LogP contribution < -0.4 is 15.4 Å². The SMILES string of the molecule is CC(C)CN1CCN(c2snc(N)c2OC(C)C)CC1. The lowest BCUT2D eigenvalue weighted by Gasteiger charge is -2.36. The van der Waals surface area contributed by atoms with Gasteiger partial charge in [-0.15, -0.1) is 0 Å². The summed E-state index contributed by atoms with van der Waals surface area (Å²) >= 11 is 1.45. The lowest BCUT2D eigenvalue weighted by Crippen LogP contribution is -2.47. The predicted molar refractivity (Wildman–Crippen MR) is 85.8 cm³/mol. The first kappa shape index (κ1) is 15.4. The van der Waals surface area contributed by atoms with Crippen molar-refractivity contribution >= 4 is 22.4 Å². The van der Waals surface area contributed by atoms with Gasteiger partial charge in [0, 0.05) is 32.7 Å². The van der Waals surface area contributed by atoms with Gasteiger partial charge in [-0.2, -0.15) is 4.37 Å². The van der Waals surface area contributed by atoms with E-state index in [9.17, 15) is 0 Å². The molecule has 1 aromatic heterocycles. The van der Waals surface area contributed by atoms with E-state index in [1.807, 2.05) is 13.8 Å². The number of nitrogen functional groups attached to an aromatic ring is 1. The standard InChI is InChI=1S/C14H26N4OS/c1-10(2)9-17-5-7-18(8-6-17)14-12(19-11(3)4)13(15)16-20-14/h10-11H,5-9H2,1-4H3,(H2,15,16). The highest BCUT2D eigenvalue weighted by atomic mass is 32.1. The van der Waals surface area contributed by atoms with Crippen molar-refractivity contribution in [2.24, 2.45) is 5.92 Å². The number of nitrogens with zero attached hydrogens (tertiary/aromatic N) is 3. The van der Waals surface area contributed by atoms with Crippen molar-refractivity contribution in [1.82, 2.24) is 9.27 Å². The van der Waals surface area contributed by atoms with Gasteiger partial charge < -0.3 is 15.4 Å². The zero-order valence-electron chi connectivity index (χ0n) is 12.9. The maximum Gasteiger partial charge on any atom is 0.198 e. The molecule has 1 fully saturated rings. The fraction of sp³-hybridized carbons (Fsp3) is 0.786. The molecule has 0 bridgehead atoms. The first-order chi connectivity index (χ1) is 9.47. The van der Waals surface area contributed by atoms with Gasteiger partial charge in [-0.3, -0.25) is 4.90 Å². The van der Waals surface area contributed by atoms with E-state index in [4.69, 9.17) is 10.5 Å². The van der Waals surface area contributed by atoms with Gasteiger partial charge in [0.05, 0.1) is 6.10 Å². The highest BCUT2D eigenvalue weighted by Gasteiger charge is 2.24. The Labute approximate surface area is 125 Å². The number of hydrogen-bond donors (Lipinski definition) is 1. The van der Waals surface area contributed by atoms with Gasteiger partial charge >= 0.3 is 0 Å². The Kier molecular flexibility index (Phi) is 5.10. The zero-order chi connectivity index (χ0) is 14.7. The first-order valence-electron chi connectivity index (χ1n) is 7.36. The Morgan fingerprint density at radius 2 is 1.85 bits per heavy atom. The van der Waals surface area contributed by atoms with E-state index < -0.39 is 0 Å². The van der Waals surface area contributed by atoms with Crippen molar-refractivity contribution in [3.05, 3.63) is 0 Å². The lowest BCUT2D eigenvalue weighted by molar-refractivity contribution is 0.227. The van der Waals surface area contributed by atoms with Crippen LogP contribution in [0.3, 0.4) is 0 Å². The van der Waals surface area contributed by atoms with Crippen LogP contribution in [0.2, 0.25) is 0 Å². The van der Waals surface area contributed by atoms with Crippen LogP contribution in [0.4, 0.5) is 10.8 Å². The topological polar surface area (TPSA) is 54.6 Å². The molecule has 114 valence electrons. The summed E-state index contributed by atoms with van der Waals surface area (Å²) in [5.41, 5.74) is 5.93. The third-order valence-corrected chi connectivity index (χ3v) is 4.20. The number of aromatic nitrogens is 1. The summed E-state index contributed by atoms with van der Waals surface area (Å²) in [6.45, 7) is 14.0. The molecule has 1 saturated heterocycles. The van der Waals surface area contributed by atoms with Crippen LogP contribution in [-0.4, -0.2) is 48.1 Å². The molecule has 0 spiro atoms. The average Bonchev–Trinajstić information content (AvgIpc) is 2.71. The highest BCUT2D eigenvalue weighted by Crippen LogP contribution is 2.39. The molecule has 0 amide bonds. The van der Waals surface area contributed by atoms with Crippen LogP contribution in [-0.2, 0) is 0 Å². The third-order valence-electron chi connectivity index (χ3n) is 3.29. The smallest absolute Gasteiger partial charge is 0.198 e. The summed E-state index contributed by atoms with van der Waals surface area (Å²) in [6, 6.07) is 0. The monoisotopic (exact) mass is 298 g/mol. The molecule has 20 heavy (non-hydrogen) atoms. The van der Waals surface area contributed by atoms with Crippen molar-refractivity contribution in [1.29, 1.82) is 0 Å². The van der Waals surface area contributed by atoms with Crippen LogP contribution in [0.5, 0.6) is 5.75 Å². The summed E-state index contributed by atoms with van der Waals surface area (Å²) < 4.78 is 10.1. The molecule has 1 aliphatic rings. The largest absolute Gasteiger partial charge is 0.484 e. The van der Waals surface area contributed by atoms with E-state index in [1.54, 1.807) is 0 Å². The van der Waals surface area contributed by atoms with E-state index in [2.05, 4.69) is 28.0 Å². The van der Waals surface area contributed by atoms with Gasteiger partial charge in [-0.1, -0.05) is 13.8 Å². The summed E-state index contributed by atoms with van der Waals surface area (Å²) in [7, 11) is 0.